The average molecular weight is 375 g/mol. The van der Waals surface area contributed by atoms with E-state index in [4.69, 9.17) is 23.2 Å². The van der Waals surface area contributed by atoms with Gasteiger partial charge in [-0.15, -0.1) is 0 Å². The van der Waals surface area contributed by atoms with Crippen LogP contribution in [0.25, 0.3) is 0 Å². The van der Waals surface area contributed by atoms with Gasteiger partial charge < -0.3 is 10.6 Å². The molecule has 0 bridgehead atoms. The van der Waals surface area contributed by atoms with Crippen molar-refractivity contribution in [1.29, 1.82) is 0 Å². The standard InChI is InChI=1S/C14H14BrCl2N3/c1-3-8-6-9(15)4-5-12(8)19-14-11(17)7-10(16)13(18-2)20-14/h4-7H,3H2,1-2H3,(H2,18,19,20). The van der Waals surface area contributed by atoms with Gasteiger partial charge in [-0.25, -0.2) is 4.98 Å². The molecule has 106 valence electrons. The van der Waals surface area contributed by atoms with Crippen LogP contribution in [0.1, 0.15) is 12.5 Å². The molecule has 2 N–H and O–H groups in total. The molecule has 0 atom stereocenters. The van der Waals surface area contributed by atoms with Crippen molar-refractivity contribution in [3.05, 3.63) is 44.3 Å². The highest BCUT2D eigenvalue weighted by Gasteiger charge is 2.10. The number of hydrogen-bond donors (Lipinski definition) is 2. The lowest BCUT2D eigenvalue weighted by Gasteiger charge is -2.13. The van der Waals surface area contributed by atoms with E-state index in [0.717, 1.165) is 16.6 Å². The first-order valence-electron chi connectivity index (χ1n) is 6.14. The number of aromatic nitrogens is 1. The predicted octanol–water partition coefficient (Wildman–Crippen LogP) is 5.50. The summed E-state index contributed by atoms with van der Waals surface area (Å²) in [6.45, 7) is 2.10. The molecule has 2 rings (SSSR count). The van der Waals surface area contributed by atoms with Crippen molar-refractivity contribution in [1.82, 2.24) is 4.98 Å². The molecule has 0 fully saturated rings. The van der Waals surface area contributed by atoms with Gasteiger partial charge in [0, 0.05) is 17.2 Å². The second-order valence-electron chi connectivity index (χ2n) is 4.18. The Labute approximate surface area is 136 Å². The fourth-order valence-electron chi connectivity index (χ4n) is 1.83. The summed E-state index contributed by atoms with van der Waals surface area (Å²) in [5.74, 6) is 1.17. The number of halogens is 3. The molecule has 1 aromatic carbocycles. The van der Waals surface area contributed by atoms with Gasteiger partial charge in [-0.05, 0) is 36.2 Å². The molecular weight excluding hydrogens is 361 g/mol. The lowest BCUT2D eigenvalue weighted by atomic mass is 10.1. The third-order valence-electron chi connectivity index (χ3n) is 2.87. The molecule has 20 heavy (non-hydrogen) atoms. The van der Waals surface area contributed by atoms with E-state index in [1.54, 1.807) is 13.1 Å². The smallest absolute Gasteiger partial charge is 0.151 e. The van der Waals surface area contributed by atoms with Crippen LogP contribution < -0.4 is 10.6 Å². The number of rotatable bonds is 4. The molecule has 3 nitrogen and oxygen atoms in total. The summed E-state index contributed by atoms with van der Waals surface area (Å²) in [4.78, 5) is 4.39. The van der Waals surface area contributed by atoms with E-state index in [-0.39, 0.29) is 0 Å². The maximum Gasteiger partial charge on any atom is 0.151 e. The quantitative estimate of drug-likeness (QED) is 0.741. The Kier molecular flexibility index (Phi) is 5.13. The minimum atomic E-state index is 0.485. The molecule has 1 aromatic heterocycles. The second kappa shape index (κ2) is 6.66. The van der Waals surface area contributed by atoms with Crippen LogP contribution in [0, 0.1) is 0 Å². The van der Waals surface area contributed by atoms with Crippen molar-refractivity contribution in [2.24, 2.45) is 0 Å². The molecule has 0 saturated carbocycles. The van der Waals surface area contributed by atoms with Crippen LogP contribution in [-0.4, -0.2) is 12.0 Å². The monoisotopic (exact) mass is 373 g/mol. The fourth-order valence-corrected chi connectivity index (χ4v) is 2.74. The van der Waals surface area contributed by atoms with Crippen LogP contribution in [0.3, 0.4) is 0 Å². The maximum atomic E-state index is 6.19. The molecule has 0 unspecified atom stereocenters. The molecule has 0 amide bonds. The average Bonchev–Trinajstić information content (AvgIpc) is 2.43. The molecule has 0 radical (unpaired) electrons. The zero-order chi connectivity index (χ0) is 14.7. The van der Waals surface area contributed by atoms with Crippen molar-refractivity contribution < 1.29 is 0 Å². The van der Waals surface area contributed by atoms with Gasteiger partial charge in [0.1, 0.15) is 5.82 Å². The summed E-state index contributed by atoms with van der Waals surface area (Å²) in [6.07, 6.45) is 0.909. The van der Waals surface area contributed by atoms with Crippen molar-refractivity contribution in [3.63, 3.8) is 0 Å². The van der Waals surface area contributed by atoms with Gasteiger partial charge in [0.25, 0.3) is 0 Å². The Bertz CT molecular complexity index is 632. The van der Waals surface area contributed by atoms with E-state index < -0.39 is 0 Å². The lowest BCUT2D eigenvalue weighted by molar-refractivity contribution is 1.13. The number of nitrogens with zero attached hydrogens (tertiary/aromatic N) is 1. The van der Waals surface area contributed by atoms with Gasteiger partial charge in [0.2, 0.25) is 0 Å². The third-order valence-corrected chi connectivity index (χ3v) is 3.94. The van der Waals surface area contributed by atoms with E-state index in [9.17, 15) is 0 Å². The number of nitrogens with one attached hydrogen (secondary N) is 2. The van der Waals surface area contributed by atoms with E-state index in [2.05, 4.69) is 44.5 Å². The Balaban J connectivity index is 2.39. The van der Waals surface area contributed by atoms with Crippen molar-refractivity contribution >= 4 is 56.5 Å². The second-order valence-corrected chi connectivity index (χ2v) is 5.91. The molecule has 0 spiro atoms. The van der Waals surface area contributed by atoms with Crippen LogP contribution in [-0.2, 0) is 6.42 Å². The molecule has 0 aliphatic heterocycles. The van der Waals surface area contributed by atoms with E-state index in [1.807, 2.05) is 12.1 Å². The van der Waals surface area contributed by atoms with Gasteiger partial charge in [-0.1, -0.05) is 46.1 Å². The van der Waals surface area contributed by atoms with Crippen LogP contribution >= 0.6 is 39.1 Å². The highest BCUT2D eigenvalue weighted by atomic mass is 79.9. The summed E-state index contributed by atoms with van der Waals surface area (Å²) in [6, 6.07) is 7.72. The Hall–Kier alpha value is -0.970. The minimum absolute atomic E-state index is 0.485. The van der Waals surface area contributed by atoms with Gasteiger partial charge in [-0.2, -0.15) is 0 Å². The van der Waals surface area contributed by atoms with Crippen molar-refractivity contribution in [2.75, 3.05) is 17.7 Å². The minimum Gasteiger partial charge on any atom is -0.372 e. The summed E-state index contributed by atoms with van der Waals surface area (Å²) >= 11 is 15.7. The largest absolute Gasteiger partial charge is 0.372 e. The summed E-state index contributed by atoms with van der Waals surface area (Å²) < 4.78 is 1.05. The Morgan fingerprint density at radius 2 is 1.85 bits per heavy atom. The highest BCUT2D eigenvalue weighted by Crippen LogP contribution is 2.32. The molecule has 0 saturated heterocycles. The number of benzene rings is 1. The van der Waals surface area contributed by atoms with E-state index in [0.29, 0.717) is 21.7 Å². The normalized spacial score (nSPS) is 10.4. The predicted molar refractivity (Wildman–Crippen MR) is 90.6 cm³/mol. The maximum absolute atomic E-state index is 6.19. The molecule has 0 aliphatic rings. The summed E-state index contributed by atoms with van der Waals surface area (Å²) in [5.41, 5.74) is 2.16. The number of hydrogen-bond acceptors (Lipinski definition) is 3. The SMILES string of the molecule is CCc1cc(Br)ccc1Nc1nc(NC)c(Cl)cc1Cl. The van der Waals surface area contributed by atoms with Gasteiger partial charge in [-0.3, -0.25) is 0 Å². The van der Waals surface area contributed by atoms with Crippen LogP contribution in [0.5, 0.6) is 0 Å². The topological polar surface area (TPSA) is 37.0 Å². The first-order valence-corrected chi connectivity index (χ1v) is 7.69. The molecule has 2 aromatic rings. The van der Waals surface area contributed by atoms with E-state index in [1.165, 1.54) is 5.56 Å². The van der Waals surface area contributed by atoms with Gasteiger partial charge in [0.15, 0.2) is 5.82 Å². The molecule has 6 heteroatoms. The van der Waals surface area contributed by atoms with E-state index >= 15 is 0 Å². The van der Waals surface area contributed by atoms with Crippen LogP contribution in [0.15, 0.2) is 28.7 Å². The summed E-state index contributed by atoms with van der Waals surface area (Å²) in [7, 11) is 1.77. The zero-order valence-electron chi connectivity index (χ0n) is 11.1. The fraction of sp³-hybridized carbons (Fsp3) is 0.214. The molecule has 0 aliphatic carbocycles. The number of aryl methyl sites for hydroxylation is 1. The first kappa shape index (κ1) is 15.4. The highest BCUT2D eigenvalue weighted by molar-refractivity contribution is 9.10. The van der Waals surface area contributed by atoms with Crippen LogP contribution in [0.4, 0.5) is 17.3 Å². The van der Waals surface area contributed by atoms with Gasteiger partial charge >= 0.3 is 0 Å². The van der Waals surface area contributed by atoms with Gasteiger partial charge in [0.05, 0.1) is 10.0 Å². The van der Waals surface area contributed by atoms with Crippen molar-refractivity contribution in [2.45, 2.75) is 13.3 Å². The Morgan fingerprint density at radius 3 is 2.50 bits per heavy atom. The Morgan fingerprint density at radius 1 is 1.15 bits per heavy atom. The van der Waals surface area contributed by atoms with Crippen LogP contribution in [0.2, 0.25) is 10.0 Å². The first-order chi connectivity index (χ1) is 9.55. The van der Waals surface area contributed by atoms with Crippen molar-refractivity contribution in [3.8, 4) is 0 Å². The molecule has 1 heterocycles. The third kappa shape index (κ3) is 3.37. The molecular formula is C14H14BrCl2N3. The zero-order valence-corrected chi connectivity index (χ0v) is 14.2. The summed E-state index contributed by atoms with van der Waals surface area (Å²) in [5, 5.41) is 7.18. The number of pyridine rings is 1. The lowest BCUT2D eigenvalue weighted by Crippen LogP contribution is -2.01. The number of anilines is 3.